The van der Waals surface area contributed by atoms with E-state index in [0.717, 1.165) is 31.9 Å². The van der Waals surface area contributed by atoms with E-state index in [9.17, 15) is 14.0 Å². The Kier molecular flexibility index (Phi) is 5.13. The molecule has 5 heteroatoms. The zero-order chi connectivity index (χ0) is 15.3. The fourth-order valence-corrected chi connectivity index (χ4v) is 3.13. The van der Waals surface area contributed by atoms with Crippen molar-refractivity contribution in [2.45, 2.75) is 38.1 Å². The van der Waals surface area contributed by atoms with Gasteiger partial charge >= 0.3 is 0 Å². The second-order valence-electron chi connectivity index (χ2n) is 5.44. The minimum Gasteiger partial charge on any atom is -0.493 e. The first-order valence-corrected chi connectivity index (χ1v) is 7.35. The molecule has 0 radical (unpaired) electrons. The molecule has 3 nitrogen and oxygen atoms in total. The smallest absolute Gasteiger partial charge is 0.129 e. The molecule has 2 unspecified atom stereocenters. The second-order valence-corrected chi connectivity index (χ2v) is 5.44. The van der Waals surface area contributed by atoms with Crippen LogP contribution in [0, 0.1) is 28.9 Å². The fourth-order valence-electron chi connectivity index (χ4n) is 3.13. The molecule has 1 aromatic rings. The molecular formula is C16H20F2N2O. The van der Waals surface area contributed by atoms with E-state index < -0.39 is 17.2 Å². The van der Waals surface area contributed by atoms with E-state index in [1.807, 2.05) is 6.92 Å². The normalized spacial score (nSPS) is 24.8. The van der Waals surface area contributed by atoms with Gasteiger partial charge in [-0.3, -0.25) is 5.32 Å². The number of hydrogen-bond donors (Lipinski definition) is 1. The number of ether oxygens (including phenoxy) is 1. The summed E-state index contributed by atoms with van der Waals surface area (Å²) in [6.45, 7) is 3.09. The van der Waals surface area contributed by atoms with Gasteiger partial charge in [0, 0.05) is 18.2 Å². The molecule has 1 saturated carbocycles. The number of nitriles is 1. The predicted octanol–water partition coefficient (Wildman–Crippen LogP) is 3.41. The van der Waals surface area contributed by atoms with Gasteiger partial charge in [-0.25, -0.2) is 8.78 Å². The summed E-state index contributed by atoms with van der Waals surface area (Å²) in [4.78, 5) is 0. The quantitative estimate of drug-likeness (QED) is 0.874. The number of nitrogens with one attached hydrogen (secondary N) is 1. The summed E-state index contributed by atoms with van der Waals surface area (Å²) in [6.07, 6.45) is 3.52. The van der Waals surface area contributed by atoms with Crippen LogP contribution in [-0.4, -0.2) is 18.7 Å². The summed E-state index contributed by atoms with van der Waals surface area (Å²) < 4.78 is 31.6. The van der Waals surface area contributed by atoms with Crippen LogP contribution < -0.4 is 10.1 Å². The summed E-state index contributed by atoms with van der Waals surface area (Å²) in [5, 5.41) is 12.7. The van der Waals surface area contributed by atoms with Crippen LogP contribution in [0.25, 0.3) is 0 Å². The van der Waals surface area contributed by atoms with Crippen LogP contribution >= 0.6 is 0 Å². The van der Waals surface area contributed by atoms with Gasteiger partial charge in [0.1, 0.15) is 22.9 Å². The molecule has 21 heavy (non-hydrogen) atoms. The van der Waals surface area contributed by atoms with Crippen molar-refractivity contribution in [1.82, 2.24) is 5.32 Å². The van der Waals surface area contributed by atoms with Crippen molar-refractivity contribution in [1.29, 1.82) is 5.26 Å². The summed E-state index contributed by atoms with van der Waals surface area (Å²) >= 11 is 0. The van der Waals surface area contributed by atoms with E-state index >= 15 is 0 Å². The first kappa shape index (κ1) is 15.7. The van der Waals surface area contributed by atoms with Crippen molar-refractivity contribution < 1.29 is 13.5 Å². The summed E-state index contributed by atoms with van der Waals surface area (Å²) in [7, 11) is 0. The lowest BCUT2D eigenvalue weighted by atomic mass is 9.86. The van der Waals surface area contributed by atoms with E-state index in [1.165, 1.54) is 12.1 Å². The standard InChI is InChI=1S/C16H20F2N2O/c1-2-20-16(11-19)6-3-4-12(16)5-7-21-15-9-13(17)8-14(18)10-15/h8-10,12,20H,2-7H2,1H3. The van der Waals surface area contributed by atoms with Gasteiger partial charge in [0.2, 0.25) is 0 Å². The molecule has 0 saturated heterocycles. The third-order valence-corrected chi connectivity index (χ3v) is 4.08. The molecule has 1 aliphatic carbocycles. The topological polar surface area (TPSA) is 45.0 Å². The van der Waals surface area contributed by atoms with Crippen LogP contribution in [0.1, 0.15) is 32.6 Å². The predicted molar refractivity (Wildman–Crippen MR) is 75.8 cm³/mol. The van der Waals surface area contributed by atoms with Crippen LogP contribution in [0.5, 0.6) is 5.75 Å². The molecule has 1 N–H and O–H groups in total. The highest BCUT2D eigenvalue weighted by Crippen LogP contribution is 2.37. The SMILES string of the molecule is CCNC1(C#N)CCCC1CCOc1cc(F)cc(F)c1. The number of rotatable bonds is 6. The minimum absolute atomic E-state index is 0.191. The van der Waals surface area contributed by atoms with Gasteiger partial charge in [0.05, 0.1) is 12.7 Å². The highest BCUT2D eigenvalue weighted by molar-refractivity contribution is 5.23. The van der Waals surface area contributed by atoms with Crippen LogP contribution in [0.3, 0.4) is 0 Å². The number of hydrogen-bond acceptors (Lipinski definition) is 3. The van der Waals surface area contributed by atoms with Gasteiger partial charge in [-0.15, -0.1) is 0 Å². The molecule has 0 spiro atoms. The third-order valence-electron chi connectivity index (χ3n) is 4.08. The molecule has 1 fully saturated rings. The van der Waals surface area contributed by atoms with Gasteiger partial charge in [0.25, 0.3) is 0 Å². The average molecular weight is 294 g/mol. The first-order chi connectivity index (χ1) is 10.1. The lowest BCUT2D eigenvalue weighted by Gasteiger charge is -2.29. The number of benzene rings is 1. The molecular weight excluding hydrogens is 274 g/mol. The maximum absolute atomic E-state index is 13.1. The van der Waals surface area contributed by atoms with Crippen LogP contribution in [0.4, 0.5) is 8.78 Å². The average Bonchev–Trinajstić information content (AvgIpc) is 2.82. The van der Waals surface area contributed by atoms with E-state index in [4.69, 9.17) is 4.74 Å². The van der Waals surface area contributed by atoms with Gasteiger partial charge < -0.3 is 4.74 Å². The Morgan fingerprint density at radius 2 is 2.10 bits per heavy atom. The number of halogens is 2. The maximum Gasteiger partial charge on any atom is 0.129 e. The second kappa shape index (κ2) is 6.86. The highest BCUT2D eigenvalue weighted by atomic mass is 19.1. The Morgan fingerprint density at radius 1 is 1.38 bits per heavy atom. The van der Waals surface area contributed by atoms with Crippen molar-refractivity contribution in [3.05, 3.63) is 29.8 Å². The molecule has 1 aliphatic rings. The molecule has 0 aliphatic heterocycles. The molecule has 0 bridgehead atoms. The lowest BCUT2D eigenvalue weighted by molar-refractivity contribution is 0.233. The van der Waals surface area contributed by atoms with Crippen LogP contribution in [-0.2, 0) is 0 Å². The van der Waals surface area contributed by atoms with Crippen LogP contribution in [0.15, 0.2) is 18.2 Å². The molecule has 0 aromatic heterocycles. The molecule has 2 rings (SSSR count). The van der Waals surface area contributed by atoms with Crippen molar-refractivity contribution >= 4 is 0 Å². The van der Waals surface area contributed by atoms with Gasteiger partial charge in [-0.2, -0.15) is 5.26 Å². The van der Waals surface area contributed by atoms with Crippen molar-refractivity contribution in [2.24, 2.45) is 5.92 Å². The third kappa shape index (κ3) is 3.70. The maximum atomic E-state index is 13.1. The fraction of sp³-hybridized carbons (Fsp3) is 0.562. The van der Waals surface area contributed by atoms with Crippen LogP contribution in [0.2, 0.25) is 0 Å². The zero-order valence-electron chi connectivity index (χ0n) is 12.2. The minimum atomic E-state index is -0.648. The molecule has 2 atom stereocenters. The van der Waals surface area contributed by atoms with Gasteiger partial charge in [0.15, 0.2) is 0 Å². The Morgan fingerprint density at radius 3 is 2.71 bits per heavy atom. The Hall–Kier alpha value is -1.67. The largest absolute Gasteiger partial charge is 0.493 e. The molecule has 1 aromatic carbocycles. The highest BCUT2D eigenvalue weighted by Gasteiger charge is 2.42. The monoisotopic (exact) mass is 294 g/mol. The number of nitrogens with zero attached hydrogens (tertiary/aromatic N) is 1. The Bertz CT molecular complexity index is 509. The first-order valence-electron chi connectivity index (χ1n) is 7.35. The van der Waals surface area contributed by atoms with Gasteiger partial charge in [-0.1, -0.05) is 13.3 Å². The summed E-state index contributed by atoms with van der Waals surface area (Å²) in [5.41, 5.74) is -0.481. The summed E-state index contributed by atoms with van der Waals surface area (Å²) in [5.74, 6) is -0.896. The Labute approximate surface area is 123 Å². The molecule has 0 heterocycles. The Balaban J connectivity index is 1.92. The van der Waals surface area contributed by atoms with E-state index in [0.29, 0.717) is 13.0 Å². The van der Waals surface area contributed by atoms with E-state index in [-0.39, 0.29) is 11.7 Å². The van der Waals surface area contributed by atoms with Crippen molar-refractivity contribution in [3.63, 3.8) is 0 Å². The molecule has 114 valence electrons. The lowest BCUT2D eigenvalue weighted by Crippen LogP contribution is -2.47. The van der Waals surface area contributed by atoms with E-state index in [2.05, 4.69) is 11.4 Å². The zero-order valence-corrected chi connectivity index (χ0v) is 12.2. The van der Waals surface area contributed by atoms with Crippen molar-refractivity contribution in [2.75, 3.05) is 13.2 Å². The van der Waals surface area contributed by atoms with E-state index in [1.54, 1.807) is 0 Å². The van der Waals surface area contributed by atoms with Gasteiger partial charge in [-0.05, 0) is 31.7 Å². The summed E-state index contributed by atoms with van der Waals surface area (Å²) in [6, 6.07) is 5.56. The molecule has 0 amide bonds. The van der Waals surface area contributed by atoms with Crippen molar-refractivity contribution in [3.8, 4) is 11.8 Å².